The van der Waals surface area contributed by atoms with Crippen LogP contribution in [-0.4, -0.2) is 43.3 Å². The fourth-order valence-electron chi connectivity index (χ4n) is 4.83. The quantitative estimate of drug-likeness (QED) is 0.376. The first-order valence-corrected chi connectivity index (χ1v) is 12.9. The van der Waals surface area contributed by atoms with Crippen LogP contribution in [0.25, 0.3) is 11.0 Å². The molecular formula is C27H28BrNO6. The SMILES string of the molecule is CCCOc1ccc(C2c3c(oc4ccc(Br)cc4c3=O)C(=O)N2CC2CCCO2)cc1OCC. The fraction of sp³-hybridized carbons (Fsp3) is 0.407. The molecule has 2 aromatic carbocycles. The van der Waals surface area contributed by atoms with Crippen molar-refractivity contribution >= 4 is 32.8 Å². The van der Waals surface area contributed by atoms with E-state index in [-0.39, 0.29) is 23.2 Å². The second-order valence-corrected chi connectivity index (χ2v) is 9.71. The first kappa shape index (κ1) is 23.9. The number of carbonyl (C=O) groups is 1. The third-order valence-electron chi connectivity index (χ3n) is 6.40. The number of hydrogen-bond donors (Lipinski definition) is 0. The zero-order valence-corrected chi connectivity index (χ0v) is 21.4. The van der Waals surface area contributed by atoms with Gasteiger partial charge in [-0.05, 0) is 62.1 Å². The number of halogens is 1. The van der Waals surface area contributed by atoms with E-state index in [1.165, 1.54) is 0 Å². The molecule has 35 heavy (non-hydrogen) atoms. The molecule has 2 aliphatic rings. The van der Waals surface area contributed by atoms with E-state index < -0.39 is 6.04 Å². The van der Waals surface area contributed by atoms with E-state index in [0.29, 0.717) is 54.4 Å². The Kier molecular flexibility index (Phi) is 6.84. The number of amides is 1. The van der Waals surface area contributed by atoms with Crippen molar-refractivity contribution in [3.8, 4) is 11.5 Å². The summed E-state index contributed by atoms with van der Waals surface area (Å²) in [6.07, 6.45) is 2.62. The Hall–Kier alpha value is -2.84. The van der Waals surface area contributed by atoms with E-state index in [4.69, 9.17) is 18.6 Å². The Morgan fingerprint density at radius 2 is 1.94 bits per heavy atom. The van der Waals surface area contributed by atoms with E-state index in [9.17, 15) is 9.59 Å². The lowest BCUT2D eigenvalue weighted by molar-refractivity contribution is 0.0486. The minimum atomic E-state index is -0.610. The highest BCUT2D eigenvalue weighted by Gasteiger charge is 2.44. The van der Waals surface area contributed by atoms with Crippen LogP contribution in [0.5, 0.6) is 11.5 Å². The number of carbonyl (C=O) groups excluding carboxylic acids is 1. The average Bonchev–Trinajstić information content (AvgIpc) is 3.46. The summed E-state index contributed by atoms with van der Waals surface area (Å²) < 4.78 is 24.4. The number of nitrogens with zero attached hydrogens (tertiary/aromatic N) is 1. The second kappa shape index (κ2) is 10.0. The number of fused-ring (bicyclic) bond motifs is 2. The zero-order valence-electron chi connectivity index (χ0n) is 19.8. The predicted molar refractivity (Wildman–Crippen MR) is 135 cm³/mol. The summed E-state index contributed by atoms with van der Waals surface area (Å²) in [5, 5.41) is 0.433. The Morgan fingerprint density at radius 1 is 1.09 bits per heavy atom. The summed E-state index contributed by atoms with van der Waals surface area (Å²) in [6, 6.07) is 10.2. The first-order valence-electron chi connectivity index (χ1n) is 12.1. The van der Waals surface area contributed by atoms with Crippen molar-refractivity contribution in [1.82, 2.24) is 4.90 Å². The molecule has 184 valence electrons. The highest BCUT2D eigenvalue weighted by molar-refractivity contribution is 9.10. The maximum Gasteiger partial charge on any atom is 0.291 e. The summed E-state index contributed by atoms with van der Waals surface area (Å²) in [6.45, 7) is 6.04. The molecule has 5 rings (SSSR count). The molecule has 1 fully saturated rings. The Balaban J connectivity index is 1.66. The van der Waals surface area contributed by atoms with Gasteiger partial charge >= 0.3 is 0 Å². The van der Waals surface area contributed by atoms with E-state index in [1.807, 2.05) is 32.0 Å². The molecule has 1 saturated heterocycles. The molecule has 7 nitrogen and oxygen atoms in total. The van der Waals surface area contributed by atoms with Gasteiger partial charge in [0.15, 0.2) is 16.9 Å². The van der Waals surface area contributed by atoms with Crippen molar-refractivity contribution < 1.29 is 23.4 Å². The molecule has 0 saturated carbocycles. The Morgan fingerprint density at radius 3 is 2.69 bits per heavy atom. The molecule has 8 heteroatoms. The van der Waals surface area contributed by atoms with Gasteiger partial charge in [-0.25, -0.2) is 0 Å². The van der Waals surface area contributed by atoms with Gasteiger partial charge in [-0.3, -0.25) is 9.59 Å². The molecule has 1 aromatic heterocycles. The van der Waals surface area contributed by atoms with Crippen LogP contribution in [-0.2, 0) is 4.74 Å². The number of hydrogen-bond acceptors (Lipinski definition) is 6. The minimum absolute atomic E-state index is 0.0760. The van der Waals surface area contributed by atoms with Crippen molar-refractivity contribution in [2.45, 2.75) is 45.3 Å². The molecule has 0 bridgehead atoms. The van der Waals surface area contributed by atoms with Crippen LogP contribution < -0.4 is 14.9 Å². The lowest BCUT2D eigenvalue weighted by Gasteiger charge is -2.28. The second-order valence-electron chi connectivity index (χ2n) is 8.80. The lowest BCUT2D eigenvalue weighted by atomic mass is 9.97. The molecule has 3 aromatic rings. The zero-order chi connectivity index (χ0) is 24.5. The van der Waals surface area contributed by atoms with Crippen LogP contribution >= 0.6 is 15.9 Å². The van der Waals surface area contributed by atoms with Crippen LogP contribution in [0.15, 0.2) is 50.1 Å². The van der Waals surface area contributed by atoms with Crippen molar-refractivity contribution in [1.29, 1.82) is 0 Å². The van der Waals surface area contributed by atoms with Gasteiger partial charge in [0.25, 0.3) is 5.91 Å². The van der Waals surface area contributed by atoms with Gasteiger partial charge in [-0.2, -0.15) is 0 Å². The third kappa shape index (κ3) is 4.45. The van der Waals surface area contributed by atoms with E-state index in [2.05, 4.69) is 15.9 Å². The third-order valence-corrected chi connectivity index (χ3v) is 6.89. The van der Waals surface area contributed by atoms with Crippen LogP contribution in [0, 0.1) is 0 Å². The Bertz CT molecular complexity index is 1310. The molecular weight excluding hydrogens is 514 g/mol. The van der Waals surface area contributed by atoms with Crippen LogP contribution in [0.2, 0.25) is 0 Å². The fourth-order valence-corrected chi connectivity index (χ4v) is 5.19. The summed E-state index contributed by atoms with van der Waals surface area (Å²) in [7, 11) is 0. The molecule has 3 heterocycles. The molecule has 2 aliphatic heterocycles. The smallest absolute Gasteiger partial charge is 0.291 e. The van der Waals surface area contributed by atoms with Gasteiger partial charge in [-0.1, -0.05) is 28.9 Å². The molecule has 1 amide bonds. The monoisotopic (exact) mass is 541 g/mol. The van der Waals surface area contributed by atoms with Crippen LogP contribution in [0.4, 0.5) is 0 Å². The maximum absolute atomic E-state index is 13.8. The van der Waals surface area contributed by atoms with Gasteiger partial charge in [-0.15, -0.1) is 0 Å². The number of benzene rings is 2. The highest BCUT2D eigenvalue weighted by Crippen LogP contribution is 2.41. The molecule has 2 atom stereocenters. The molecule has 0 radical (unpaired) electrons. The van der Waals surface area contributed by atoms with Crippen molar-refractivity contribution in [2.24, 2.45) is 0 Å². The summed E-state index contributed by atoms with van der Waals surface area (Å²) in [5.74, 6) is 1.02. The normalized spacial score (nSPS) is 19.4. The minimum Gasteiger partial charge on any atom is -0.490 e. The first-order chi connectivity index (χ1) is 17.0. The van der Waals surface area contributed by atoms with Crippen LogP contribution in [0.1, 0.15) is 60.8 Å². The highest BCUT2D eigenvalue weighted by atomic mass is 79.9. The predicted octanol–water partition coefficient (Wildman–Crippen LogP) is 5.47. The standard InChI is InChI=1S/C27H28BrNO6/c1-3-11-34-21-9-7-16(13-22(21)32-4-2)24-23-25(30)19-14-17(28)8-10-20(19)35-26(23)27(31)29(24)15-18-6-5-12-33-18/h7-10,13-14,18,24H,3-6,11-12,15H2,1-2H3. The van der Waals surface area contributed by atoms with E-state index in [1.54, 1.807) is 23.1 Å². The van der Waals surface area contributed by atoms with Gasteiger partial charge in [0.1, 0.15) is 5.58 Å². The van der Waals surface area contributed by atoms with Gasteiger partial charge in [0.05, 0.1) is 36.3 Å². The Labute approximate surface area is 212 Å². The molecule has 0 aliphatic carbocycles. The molecule has 2 unspecified atom stereocenters. The average molecular weight is 542 g/mol. The summed E-state index contributed by atoms with van der Waals surface area (Å²) >= 11 is 3.44. The topological polar surface area (TPSA) is 78.2 Å². The molecule has 0 spiro atoms. The van der Waals surface area contributed by atoms with Gasteiger partial charge in [0, 0.05) is 17.6 Å². The largest absolute Gasteiger partial charge is 0.490 e. The van der Waals surface area contributed by atoms with Crippen molar-refractivity contribution in [3.63, 3.8) is 0 Å². The van der Waals surface area contributed by atoms with E-state index in [0.717, 1.165) is 29.3 Å². The van der Waals surface area contributed by atoms with Gasteiger partial charge < -0.3 is 23.5 Å². The van der Waals surface area contributed by atoms with Gasteiger partial charge in [0.2, 0.25) is 5.76 Å². The maximum atomic E-state index is 13.8. The van der Waals surface area contributed by atoms with Crippen molar-refractivity contribution in [3.05, 3.63) is 68.0 Å². The van der Waals surface area contributed by atoms with E-state index >= 15 is 0 Å². The number of rotatable bonds is 8. The number of ether oxygens (including phenoxy) is 3. The van der Waals surface area contributed by atoms with Crippen LogP contribution in [0.3, 0.4) is 0 Å². The summed E-state index contributed by atoms with van der Waals surface area (Å²) in [4.78, 5) is 29.1. The van der Waals surface area contributed by atoms with Crippen molar-refractivity contribution in [2.75, 3.05) is 26.4 Å². The lowest BCUT2D eigenvalue weighted by Crippen LogP contribution is -2.36. The summed E-state index contributed by atoms with van der Waals surface area (Å²) in [5.41, 5.74) is 1.30. The molecule has 0 N–H and O–H groups in total.